The molecule has 0 saturated heterocycles. The van der Waals surface area contributed by atoms with Gasteiger partial charge in [0.25, 0.3) is 5.91 Å². The van der Waals surface area contributed by atoms with E-state index in [1.165, 1.54) is 6.07 Å². The molecular weight excluding hydrogens is 405 g/mol. The van der Waals surface area contributed by atoms with Gasteiger partial charge in [0.05, 0.1) is 30.8 Å². The molecule has 1 aliphatic heterocycles. The SMILES string of the molecule is COC(=O)C1=C(Nc2c(Br)ccc(F)c2[N+](=O)[O-])C(=O)N(CCO)C1. The molecule has 2 N–H and O–H groups in total. The van der Waals surface area contributed by atoms with Crippen LogP contribution >= 0.6 is 15.9 Å². The third-order valence-electron chi connectivity index (χ3n) is 3.46. The van der Waals surface area contributed by atoms with Crippen LogP contribution in [0, 0.1) is 15.9 Å². The highest BCUT2D eigenvalue weighted by molar-refractivity contribution is 9.10. The number of nitro groups is 1. The average molecular weight is 418 g/mol. The van der Waals surface area contributed by atoms with Crippen LogP contribution in [0.5, 0.6) is 0 Å². The van der Waals surface area contributed by atoms with Gasteiger partial charge in [-0.15, -0.1) is 0 Å². The van der Waals surface area contributed by atoms with Gasteiger partial charge in [0.1, 0.15) is 11.4 Å². The number of nitrogens with zero attached hydrogens (tertiary/aromatic N) is 2. The molecule has 0 fully saturated rings. The van der Waals surface area contributed by atoms with Gasteiger partial charge in [-0.3, -0.25) is 14.9 Å². The summed E-state index contributed by atoms with van der Waals surface area (Å²) >= 11 is 3.06. The van der Waals surface area contributed by atoms with E-state index in [9.17, 15) is 24.1 Å². The zero-order valence-corrected chi connectivity index (χ0v) is 14.5. The zero-order chi connectivity index (χ0) is 18.7. The predicted octanol–water partition coefficient (Wildman–Crippen LogP) is 1.17. The highest BCUT2D eigenvalue weighted by atomic mass is 79.9. The van der Waals surface area contributed by atoms with Gasteiger partial charge in [-0.05, 0) is 28.1 Å². The summed E-state index contributed by atoms with van der Waals surface area (Å²) < 4.78 is 18.6. The van der Waals surface area contributed by atoms with Crippen molar-refractivity contribution in [2.24, 2.45) is 0 Å². The number of hydrogen-bond donors (Lipinski definition) is 2. The normalized spacial score (nSPS) is 14.1. The van der Waals surface area contributed by atoms with Crippen molar-refractivity contribution >= 4 is 39.2 Å². The summed E-state index contributed by atoms with van der Waals surface area (Å²) in [5, 5.41) is 22.6. The fraction of sp³-hybridized carbons (Fsp3) is 0.286. The van der Waals surface area contributed by atoms with Crippen molar-refractivity contribution in [3.63, 3.8) is 0 Å². The van der Waals surface area contributed by atoms with Crippen LogP contribution in [0.25, 0.3) is 0 Å². The summed E-state index contributed by atoms with van der Waals surface area (Å²) in [4.78, 5) is 35.7. The number of benzene rings is 1. The van der Waals surface area contributed by atoms with Crippen LogP contribution in [0.15, 0.2) is 27.9 Å². The van der Waals surface area contributed by atoms with E-state index in [0.29, 0.717) is 0 Å². The Morgan fingerprint density at radius 2 is 2.24 bits per heavy atom. The highest BCUT2D eigenvalue weighted by Gasteiger charge is 2.36. The molecule has 0 unspecified atom stereocenters. The molecule has 1 aromatic rings. The first-order valence-electron chi connectivity index (χ1n) is 6.92. The number of rotatable bonds is 6. The zero-order valence-electron chi connectivity index (χ0n) is 12.9. The van der Waals surface area contributed by atoms with Crippen molar-refractivity contribution in [3.8, 4) is 0 Å². The fourth-order valence-corrected chi connectivity index (χ4v) is 2.73. The van der Waals surface area contributed by atoms with E-state index < -0.39 is 28.3 Å². The average Bonchev–Trinajstić information content (AvgIpc) is 2.87. The Bertz CT molecular complexity index is 782. The van der Waals surface area contributed by atoms with E-state index in [-0.39, 0.29) is 41.1 Å². The quantitative estimate of drug-likeness (QED) is 0.404. The maximum Gasteiger partial charge on any atom is 0.337 e. The maximum absolute atomic E-state index is 13.8. The molecule has 0 aliphatic carbocycles. The maximum atomic E-state index is 13.8. The van der Waals surface area contributed by atoms with Gasteiger partial charge in [0.2, 0.25) is 5.82 Å². The van der Waals surface area contributed by atoms with Crippen molar-refractivity contribution in [1.29, 1.82) is 0 Å². The fourth-order valence-electron chi connectivity index (χ4n) is 2.31. The molecule has 11 heteroatoms. The van der Waals surface area contributed by atoms with E-state index in [1.54, 1.807) is 0 Å². The summed E-state index contributed by atoms with van der Waals surface area (Å²) in [6.07, 6.45) is 0. The van der Waals surface area contributed by atoms with Gasteiger partial charge in [0.15, 0.2) is 0 Å². The van der Waals surface area contributed by atoms with Crippen LogP contribution < -0.4 is 5.32 Å². The lowest BCUT2D eigenvalue weighted by Crippen LogP contribution is -2.31. The number of hydrogen-bond acceptors (Lipinski definition) is 7. The summed E-state index contributed by atoms with van der Waals surface area (Å²) in [7, 11) is 1.12. The second-order valence-electron chi connectivity index (χ2n) is 4.93. The van der Waals surface area contributed by atoms with Gasteiger partial charge in [-0.1, -0.05) is 0 Å². The number of esters is 1. The molecule has 0 saturated carbocycles. The Morgan fingerprint density at radius 1 is 1.56 bits per heavy atom. The molecule has 1 heterocycles. The molecule has 0 atom stereocenters. The number of methoxy groups -OCH3 is 1. The number of nitro benzene ring substituents is 1. The lowest BCUT2D eigenvalue weighted by Gasteiger charge is -2.15. The number of aliphatic hydroxyl groups is 1. The standard InChI is InChI=1S/C14H13BrFN3O6/c1-25-14(22)7-6-18(4-5-20)13(21)10(7)17-11-8(15)2-3-9(16)12(11)19(23)24/h2-3,17,20H,4-6H2,1H3. The Balaban J connectivity index is 2.53. The van der Waals surface area contributed by atoms with Crippen molar-refractivity contribution in [3.05, 3.63) is 43.8 Å². The number of anilines is 1. The second-order valence-corrected chi connectivity index (χ2v) is 5.78. The van der Waals surface area contributed by atoms with Crippen LogP contribution in [-0.2, 0) is 14.3 Å². The lowest BCUT2D eigenvalue weighted by molar-refractivity contribution is -0.386. The molecule has 1 amide bonds. The van der Waals surface area contributed by atoms with Gasteiger partial charge in [-0.25, -0.2) is 4.79 Å². The van der Waals surface area contributed by atoms with Crippen molar-refractivity contribution in [2.75, 3.05) is 32.1 Å². The van der Waals surface area contributed by atoms with Crippen LogP contribution in [-0.4, -0.2) is 53.6 Å². The molecule has 25 heavy (non-hydrogen) atoms. The predicted molar refractivity (Wildman–Crippen MR) is 87.1 cm³/mol. The molecule has 0 bridgehead atoms. The number of amides is 1. The van der Waals surface area contributed by atoms with E-state index in [1.807, 2.05) is 0 Å². The van der Waals surface area contributed by atoms with Crippen LogP contribution in [0.3, 0.4) is 0 Å². The summed E-state index contributed by atoms with van der Waals surface area (Å²) in [5.74, 6) is -2.58. The van der Waals surface area contributed by atoms with Crippen molar-refractivity contribution in [1.82, 2.24) is 4.90 Å². The number of β-amino-alcohol motifs (C(OH)–C–C–N with tert-alkyl or cyclic N) is 1. The van der Waals surface area contributed by atoms with Gasteiger partial charge in [0, 0.05) is 11.0 Å². The number of carbonyl (C=O) groups excluding carboxylic acids is 2. The van der Waals surface area contributed by atoms with E-state index >= 15 is 0 Å². The highest BCUT2D eigenvalue weighted by Crippen LogP contribution is 2.37. The van der Waals surface area contributed by atoms with Crippen LogP contribution in [0.2, 0.25) is 0 Å². The Labute approximate surface area is 149 Å². The second kappa shape index (κ2) is 7.57. The lowest BCUT2D eigenvalue weighted by atomic mass is 10.2. The summed E-state index contributed by atoms with van der Waals surface area (Å²) in [5.41, 5.74) is -1.53. The van der Waals surface area contributed by atoms with E-state index in [2.05, 4.69) is 26.0 Å². The van der Waals surface area contributed by atoms with Crippen LogP contribution in [0.4, 0.5) is 15.8 Å². The minimum absolute atomic E-state index is 0.0447. The van der Waals surface area contributed by atoms with Crippen LogP contribution in [0.1, 0.15) is 0 Å². The Morgan fingerprint density at radius 3 is 2.80 bits per heavy atom. The third kappa shape index (κ3) is 3.61. The Kier molecular flexibility index (Phi) is 5.69. The smallest absolute Gasteiger partial charge is 0.337 e. The number of nitrogens with one attached hydrogen (secondary N) is 1. The molecule has 1 aliphatic rings. The van der Waals surface area contributed by atoms with Gasteiger partial charge >= 0.3 is 11.7 Å². The monoisotopic (exact) mass is 417 g/mol. The minimum Gasteiger partial charge on any atom is -0.466 e. The third-order valence-corrected chi connectivity index (χ3v) is 4.12. The molecular formula is C14H13BrFN3O6. The summed E-state index contributed by atoms with van der Waals surface area (Å²) in [6, 6.07) is 2.13. The van der Waals surface area contributed by atoms with Crippen molar-refractivity contribution < 1.29 is 28.7 Å². The van der Waals surface area contributed by atoms with Gasteiger partial charge < -0.3 is 20.1 Å². The molecule has 134 valence electrons. The molecule has 0 aromatic heterocycles. The largest absolute Gasteiger partial charge is 0.466 e. The summed E-state index contributed by atoms with van der Waals surface area (Å²) in [6.45, 7) is -0.524. The number of aliphatic hydroxyl groups excluding tert-OH is 1. The molecule has 0 spiro atoms. The minimum atomic E-state index is -1.10. The first-order valence-corrected chi connectivity index (χ1v) is 7.72. The Hall–Kier alpha value is -2.53. The molecule has 1 aromatic carbocycles. The number of carbonyl (C=O) groups is 2. The molecule has 0 radical (unpaired) electrons. The first kappa shape index (κ1) is 18.8. The molecule has 2 rings (SSSR count). The van der Waals surface area contributed by atoms with Gasteiger partial charge in [-0.2, -0.15) is 4.39 Å². The number of halogens is 2. The first-order chi connectivity index (χ1) is 11.8. The van der Waals surface area contributed by atoms with Crippen molar-refractivity contribution in [2.45, 2.75) is 0 Å². The topological polar surface area (TPSA) is 122 Å². The van der Waals surface area contributed by atoms with E-state index in [0.717, 1.165) is 18.1 Å². The molecule has 9 nitrogen and oxygen atoms in total. The van der Waals surface area contributed by atoms with E-state index in [4.69, 9.17) is 5.11 Å². The number of ether oxygens (including phenoxy) is 1.